The molecule has 0 aliphatic heterocycles. The summed E-state index contributed by atoms with van der Waals surface area (Å²) in [6.45, 7) is 6.98. The average molecular weight is 242 g/mol. The molecule has 0 radical (unpaired) electrons. The van der Waals surface area contributed by atoms with Gasteiger partial charge in [0.05, 0.1) is 0 Å². The van der Waals surface area contributed by atoms with Gasteiger partial charge in [-0.3, -0.25) is 0 Å². The van der Waals surface area contributed by atoms with Crippen molar-refractivity contribution in [3.63, 3.8) is 0 Å². The molecule has 0 aromatic carbocycles. The minimum atomic E-state index is 0.814. The second-order valence-corrected chi connectivity index (χ2v) is 5.02. The molecule has 0 unspecified atom stereocenters. The van der Waals surface area contributed by atoms with Crippen LogP contribution in [0.4, 0.5) is 0 Å². The van der Waals surface area contributed by atoms with Crippen molar-refractivity contribution in [2.75, 3.05) is 32.8 Å². The lowest BCUT2D eigenvalue weighted by atomic mass is 9.94. The highest BCUT2D eigenvalue weighted by atomic mass is 16.5. The summed E-state index contributed by atoms with van der Waals surface area (Å²) < 4.78 is 5.42. The molecule has 0 bridgehead atoms. The van der Waals surface area contributed by atoms with Crippen LogP contribution in [0, 0.1) is 0 Å². The van der Waals surface area contributed by atoms with Crippen molar-refractivity contribution in [3.8, 4) is 0 Å². The molecule has 0 spiro atoms. The Balaban J connectivity index is 2.25. The van der Waals surface area contributed by atoms with E-state index in [9.17, 15) is 0 Å². The fourth-order valence-corrected chi connectivity index (χ4v) is 2.73. The number of nitrogens with two attached hydrogens (primary N) is 1. The van der Waals surface area contributed by atoms with Gasteiger partial charge in [0, 0.05) is 25.8 Å². The third kappa shape index (κ3) is 6.39. The van der Waals surface area contributed by atoms with E-state index in [1.54, 1.807) is 0 Å². The van der Waals surface area contributed by atoms with Gasteiger partial charge in [0.2, 0.25) is 0 Å². The summed E-state index contributed by atoms with van der Waals surface area (Å²) in [6, 6.07) is 0.817. The highest BCUT2D eigenvalue weighted by Crippen LogP contribution is 2.22. The molecule has 102 valence electrons. The van der Waals surface area contributed by atoms with Crippen LogP contribution in [0.25, 0.3) is 0 Å². The van der Waals surface area contributed by atoms with Crippen molar-refractivity contribution < 1.29 is 4.74 Å². The molecule has 0 amide bonds. The quantitative estimate of drug-likeness (QED) is 0.631. The SMILES string of the molecule is CCOCCCN(CCCN)C1CCCCC1. The maximum atomic E-state index is 5.63. The smallest absolute Gasteiger partial charge is 0.0478 e. The van der Waals surface area contributed by atoms with Gasteiger partial charge in [0.25, 0.3) is 0 Å². The standard InChI is InChI=1S/C14H30N2O/c1-2-17-13-7-12-16(11-6-10-15)14-8-4-3-5-9-14/h14H,2-13,15H2,1H3. The van der Waals surface area contributed by atoms with E-state index in [0.717, 1.165) is 38.6 Å². The number of nitrogens with zero attached hydrogens (tertiary/aromatic N) is 1. The fourth-order valence-electron chi connectivity index (χ4n) is 2.73. The summed E-state index contributed by atoms with van der Waals surface area (Å²) in [6.07, 6.45) is 9.32. The largest absolute Gasteiger partial charge is 0.382 e. The molecule has 1 saturated carbocycles. The van der Waals surface area contributed by atoms with Crippen molar-refractivity contribution >= 4 is 0 Å². The normalized spacial score (nSPS) is 17.8. The Labute approximate surface area is 107 Å². The van der Waals surface area contributed by atoms with Gasteiger partial charge in [0.1, 0.15) is 0 Å². The molecule has 1 fully saturated rings. The van der Waals surface area contributed by atoms with Crippen LogP contribution in [0.15, 0.2) is 0 Å². The molecular weight excluding hydrogens is 212 g/mol. The Kier molecular flexibility index (Phi) is 8.67. The van der Waals surface area contributed by atoms with Crippen LogP contribution in [-0.4, -0.2) is 43.8 Å². The zero-order valence-electron chi connectivity index (χ0n) is 11.5. The highest BCUT2D eigenvalue weighted by molar-refractivity contribution is 4.76. The van der Waals surface area contributed by atoms with Crippen molar-refractivity contribution in [1.82, 2.24) is 4.90 Å². The van der Waals surface area contributed by atoms with Gasteiger partial charge < -0.3 is 15.4 Å². The summed E-state index contributed by atoms with van der Waals surface area (Å²) in [7, 11) is 0. The second-order valence-electron chi connectivity index (χ2n) is 5.02. The monoisotopic (exact) mass is 242 g/mol. The third-order valence-electron chi connectivity index (χ3n) is 3.68. The Bertz CT molecular complexity index is 170. The molecule has 0 heterocycles. The lowest BCUT2D eigenvalue weighted by molar-refractivity contribution is 0.109. The molecule has 0 atom stereocenters. The van der Waals surface area contributed by atoms with Crippen LogP contribution in [-0.2, 0) is 4.74 Å². The molecule has 1 aliphatic carbocycles. The Morgan fingerprint density at radius 2 is 1.82 bits per heavy atom. The second kappa shape index (κ2) is 9.86. The zero-order chi connectivity index (χ0) is 12.3. The number of hydrogen-bond acceptors (Lipinski definition) is 3. The van der Waals surface area contributed by atoms with Gasteiger partial charge in [-0.1, -0.05) is 19.3 Å². The fraction of sp³-hybridized carbons (Fsp3) is 1.00. The Hall–Kier alpha value is -0.120. The summed E-state index contributed by atoms with van der Waals surface area (Å²) in [5, 5.41) is 0. The van der Waals surface area contributed by atoms with E-state index >= 15 is 0 Å². The first-order valence-corrected chi connectivity index (χ1v) is 7.40. The van der Waals surface area contributed by atoms with Crippen LogP contribution < -0.4 is 5.73 Å². The van der Waals surface area contributed by atoms with E-state index in [0.29, 0.717) is 0 Å². The van der Waals surface area contributed by atoms with Gasteiger partial charge in [-0.2, -0.15) is 0 Å². The topological polar surface area (TPSA) is 38.5 Å². The van der Waals surface area contributed by atoms with Crippen LogP contribution >= 0.6 is 0 Å². The van der Waals surface area contributed by atoms with Crippen molar-refractivity contribution in [3.05, 3.63) is 0 Å². The minimum absolute atomic E-state index is 0.814. The zero-order valence-corrected chi connectivity index (χ0v) is 11.5. The number of hydrogen-bond donors (Lipinski definition) is 1. The van der Waals surface area contributed by atoms with E-state index < -0.39 is 0 Å². The molecular formula is C14H30N2O. The average Bonchev–Trinajstić information content (AvgIpc) is 2.39. The van der Waals surface area contributed by atoms with Gasteiger partial charge >= 0.3 is 0 Å². The summed E-state index contributed by atoms with van der Waals surface area (Å²) in [4.78, 5) is 2.66. The molecule has 0 aromatic rings. The van der Waals surface area contributed by atoms with Gasteiger partial charge in [-0.15, -0.1) is 0 Å². The van der Waals surface area contributed by atoms with Gasteiger partial charge in [0.15, 0.2) is 0 Å². The lowest BCUT2D eigenvalue weighted by Gasteiger charge is -2.34. The van der Waals surface area contributed by atoms with E-state index in [1.807, 2.05) is 0 Å². The van der Waals surface area contributed by atoms with Crippen LogP contribution in [0.3, 0.4) is 0 Å². The van der Waals surface area contributed by atoms with Crippen molar-refractivity contribution in [2.45, 2.75) is 57.9 Å². The number of ether oxygens (including phenoxy) is 1. The van der Waals surface area contributed by atoms with E-state index in [-0.39, 0.29) is 0 Å². The van der Waals surface area contributed by atoms with E-state index in [4.69, 9.17) is 10.5 Å². The Morgan fingerprint density at radius 3 is 2.47 bits per heavy atom. The molecule has 1 aliphatic rings. The molecule has 0 saturated heterocycles. The molecule has 1 rings (SSSR count). The lowest BCUT2D eigenvalue weighted by Crippen LogP contribution is -2.39. The van der Waals surface area contributed by atoms with Crippen molar-refractivity contribution in [2.24, 2.45) is 5.73 Å². The number of rotatable bonds is 9. The molecule has 2 N–H and O–H groups in total. The summed E-state index contributed by atoms with van der Waals surface area (Å²) in [5.41, 5.74) is 5.63. The van der Waals surface area contributed by atoms with E-state index in [2.05, 4.69) is 11.8 Å². The first-order valence-electron chi connectivity index (χ1n) is 7.40. The van der Waals surface area contributed by atoms with Gasteiger partial charge in [-0.25, -0.2) is 0 Å². The summed E-state index contributed by atoms with van der Waals surface area (Å²) >= 11 is 0. The highest BCUT2D eigenvalue weighted by Gasteiger charge is 2.19. The molecule has 3 nitrogen and oxygen atoms in total. The molecule has 3 heteroatoms. The maximum Gasteiger partial charge on any atom is 0.0478 e. The van der Waals surface area contributed by atoms with Crippen LogP contribution in [0.2, 0.25) is 0 Å². The minimum Gasteiger partial charge on any atom is -0.382 e. The predicted molar refractivity (Wildman–Crippen MR) is 73.2 cm³/mol. The van der Waals surface area contributed by atoms with Crippen LogP contribution in [0.1, 0.15) is 51.9 Å². The summed E-state index contributed by atoms with van der Waals surface area (Å²) in [5.74, 6) is 0. The third-order valence-corrected chi connectivity index (χ3v) is 3.68. The Morgan fingerprint density at radius 1 is 1.12 bits per heavy atom. The first-order chi connectivity index (χ1) is 8.38. The van der Waals surface area contributed by atoms with Crippen LogP contribution in [0.5, 0.6) is 0 Å². The predicted octanol–water partition coefficient (Wildman–Crippen LogP) is 2.40. The van der Waals surface area contributed by atoms with E-state index in [1.165, 1.54) is 45.2 Å². The molecule has 0 aromatic heterocycles. The maximum absolute atomic E-state index is 5.63. The first kappa shape index (κ1) is 14.9. The van der Waals surface area contributed by atoms with Crippen molar-refractivity contribution in [1.29, 1.82) is 0 Å². The molecule has 17 heavy (non-hydrogen) atoms. The van der Waals surface area contributed by atoms with Gasteiger partial charge in [-0.05, 0) is 45.7 Å².